The number of phenolic OH excluding ortho intramolecular Hbond substituents is 1. The number of azo groups is 2. The van der Waals surface area contributed by atoms with Crippen molar-refractivity contribution in [2.24, 2.45) is 20.5 Å². The minimum absolute atomic E-state index is 0. The maximum Gasteiger partial charge on any atom is 2.00 e. The predicted molar refractivity (Wildman–Crippen MR) is 294 cm³/mol. The number of phenols is 1. The number of anilines is 2. The van der Waals surface area contributed by atoms with Gasteiger partial charge in [0.25, 0.3) is 21.9 Å². The summed E-state index contributed by atoms with van der Waals surface area (Å²) in [6.45, 7) is 8.25. The van der Waals surface area contributed by atoms with Gasteiger partial charge >= 0.3 is 48.9 Å². The molecule has 23 heteroatoms. The van der Waals surface area contributed by atoms with E-state index in [4.69, 9.17) is 32.7 Å². The normalized spacial score (nSPS) is 11.5. The summed E-state index contributed by atoms with van der Waals surface area (Å²) in [6, 6.07) is 34.8. The maximum absolute atomic E-state index is 13.4. The summed E-state index contributed by atoms with van der Waals surface area (Å²) in [5, 5.41) is 48.6. The van der Waals surface area contributed by atoms with Crippen LogP contribution in [0.4, 0.5) is 34.1 Å². The molecule has 18 nitrogen and oxygen atoms in total. The van der Waals surface area contributed by atoms with Crippen molar-refractivity contribution in [3.63, 3.8) is 0 Å². The second-order valence-corrected chi connectivity index (χ2v) is 19.9. The van der Waals surface area contributed by atoms with Crippen molar-refractivity contribution in [2.45, 2.75) is 50.3 Å². The molecule has 2 amide bonds. The molecule has 0 saturated heterocycles. The number of rotatable bonds is 16. The molecule has 77 heavy (non-hydrogen) atoms. The van der Waals surface area contributed by atoms with E-state index in [9.17, 15) is 45.7 Å². The summed E-state index contributed by atoms with van der Waals surface area (Å²) in [6.07, 6.45) is 0.710. The van der Waals surface area contributed by atoms with Gasteiger partial charge in [0.2, 0.25) is 0 Å². The van der Waals surface area contributed by atoms with Crippen molar-refractivity contribution in [3.8, 4) is 23.0 Å². The van der Waals surface area contributed by atoms with Crippen LogP contribution in [0.5, 0.6) is 23.0 Å². The van der Waals surface area contributed by atoms with Crippen LogP contribution in [0.1, 0.15) is 59.5 Å². The van der Waals surface area contributed by atoms with Crippen molar-refractivity contribution in [1.29, 1.82) is 0 Å². The van der Waals surface area contributed by atoms with Gasteiger partial charge in [-0.05, 0) is 134 Å². The summed E-state index contributed by atoms with van der Waals surface area (Å²) in [5.41, 5.74) is 1.32. The number of halogens is 2. The zero-order chi connectivity index (χ0) is 54.9. The molecule has 0 saturated carbocycles. The van der Waals surface area contributed by atoms with Gasteiger partial charge in [-0.15, -0.1) is 15.3 Å². The molecule has 0 aliphatic rings. The number of aromatic hydroxyl groups is 1. The number of nitrogens with zero attached hydrogens (tertiary/aromatic N) is 4. The molecule has 0 atom stereocenters. The molecule has 0 unspecified atom stereocenters. The van der Waals surface area contributed by atoms with Gasteiger partial charge in [0.15, 0.2) is 5.75 Å². The number of benzene rings is 8. The van der Waals surface area contributed by atoms with Gasteiger partial charge in [-0.3, -0.25) is 14.1 Å². The third-order valence-electron chi connectivity index (χ3n) is 11.4. The van der Waals surface area contributed by atoms with E-state index in [-0.39, 0.29) is 97.7 Å². The molecular weight excluding hydrogens is 1200 g/mol. The van der Waals surface area contributed by atoms with Crippen LogP contribution in [0, 0.1) is 0 Å². The third kappa shape index (κ3) is 14.6. The Labute approximate surface area is 493 Å². The van der Waals surface area contributed by atoms with Crippen molar-refractivity contribution in [2.75, 3.05) is 23.8 Å². The molecule has 4 N–H and O–H groups in total. The van der Waals surface area contributed by atoms with Gasteiger partial charge in [-0.1, -0.05) is 91.3 Å². The Morgan fingerprint density at radius 2 is 1.00 bits per heavy atom. The summed E-state index contributed by atoms with van der Waals surface area (Å²) in [5.74, 6) is -1.03. The molecule has 0 aliphatic carbocycles. The zero-order valence-electron chi connectivity index (χ0n) is 41.6. The molecule has 0 radical (unpaired) electrons. The van der Waals surface area contributed by atoms with Crippen LogP contribution in [-0.2, 0) is 33.1 Å². The van der Waals surface area contributed by atoms with E-state index in [2.05, 4.69) is 31.1 Å². The van der Waals surface area contributed by atoms with Crippen molar-refractivity contribution in [1.82, 2.24) is 0 Å². The fraction of sp³-hybridized carbons (Fsp3) is 0.148. The van der Waals surface area contributed by atoms with Crippen molar-refractivity contribution >= 4 is 160 Å². The summed E-state index contributed by atoms with van der Waals surface area (Å²) >= 11 is 12.7. The van der Waals surface area contributed by atoms with Gasteiger partial charge < -0.3 is 34.9 Å². The topological polar surface area (TPSA) is 281 Å². The van der Waals surface area contributed by atoms with E-state index in [1.807, 2.05) is 13.8 Å². The van der Waals surface area contributed by atoms with Crippen LogP contribution in [0.2, 0.25) is 10.0 Å². The molecule has 8 aromatic carbocycles. The van der Waals surface area contributed by atoms with E-state index in [1.165, 1.54) is 24.3 Å². The average molecular weight is 1240 g/mol. The smallest absolute Gasteiger partial charge is 0.870 e. The molecule has 0 spiro atoms. The van der Waals surface area contributed by atoms with Crippen LogP contribution in [0.3, 0.4) is 0 Å². The van der Waals surface area contributed by atoms with E-state index >= 15 is 0 Å². The summed E-state index contributed by atoms with van der Waals surface area (Å²) < 4.78 is 78.7. The summed E-state index contributed by atoms with van der Waals surface area (Å²) in [7, 11) is -9.31. The number of carbonyl (C=O) groups excluding carboxylic acids is 2. The van der Waals surface area contributed by atoms with Crippen molar-refractivity contribution in [3.05, 3.63) is 166 Å². The molecule has 0 fully saturated rings. The Morgan fingerprint density at radius 1 is 0.584 bits per heavy atom. The number of ether oxygens (including phenoxy) is 2. The van der Waals surface area contributed by atoms with Gasteiger partial charge in [0.1, 0.15) is 38.7 Å². The monoisotopic (exact) mass is 1240 g/mol. The first kappa shape index (κ1) is 59.8. The number of nitrogens with one attached hydrogen (secondary N) is 2. The maximum atomic E-state index is 13.4. The van der Waals surface area contributed by atoms with Crippen LogP contribution < -0.4 is 25.2 Å². The van der Waals surface area contributed by atoms with Gasteiger partial charge in [-0.25, -0.2) is 8.42 Å². The van der Waals surface area contributed by atoms with E-state index in [0.717, 1.165) is 12.1 Å². The minimum atomic E-state index is -4.79. The van der Waals surface area contributed by atoms with Crippen LogP contribution in [0.15, 0.2) is 164 Å². The quantitative estimate of drug-likeness (QED) is 0.0399. The molecule has 0 heterocycles. The molecule has 8 rings (SSSR count). The Morgan fingerprint density at radius 3 is 1.45 bits per heavy atom. The van der Waals surface area contributed by atoms with Gasteiger partial charge in [-0.2, -0.15) is 13.5 Å². The minimum Gasteiger partial charge on any atom is -0.870 e. The number of amides is 2. The second kappa shape index (κ2) is 26.3. The van der Waals surface area contributed by atoms with Gasteiger partial charge in [0.05, 0.1) is 44.3 Å². The van der Waals surface area contributed by atoms with E-state index in [0.29, 0.717) is 81.6 Å². The number of hydrogen-bond donors (Lipinski definition) is 4. The largest absolute Gasteiger partial charge is 2.00 e. The first-order valence-corrected chi connectivity index (χ1v) is 26.8. The van der Waals surface area contributed by atoms with Crippen LogP contribution >= 0.6 is 23.2 Å². The molecule has 0 bridgehead atoms. The molecule has 392 valence electrons. The first-order chi connectivity index (χ1) is 36.2. The van der Waals surface area contributed by atoms with Crippen molar-refractivity contribution < 1.29 is 55.2 Å². The SMILES string of the molecule is CCOc1ccc(NC(=O)c2cc3ccccc3c(N=Nc3cc(S(=O)(=O)O)cc(CC)c3Cl)c2O)cc1.CCOc1ccc(NC(=O)c2cc3ccccc3c(N=Nc3cc(S(=O)(=O)[O-])cc(CC)c3Cl)c2[O-])cc1.[Ba+2]. The fourth-order valence-corrected chi connectivity index (χ4v) is 9.26. The van der Waals surface area contributed by atoms with E-state index < -0.39 is 48.4 Å². The number of carbonyl (C=O) groups is 2. The fourth-order valence-electron chi connectivity index (χ4n) is 7.61. The molecular formula is C54H46BaCl2N6O12S2. The number of hydrogen-bond acceptors (Lipinski definition) is 15. The summed E-state index contributed by atoms with van der Waals surface area (Å²) in [4.78, 5) is 25.3. The van der Waals surface area contributed by atoms with E-state index in [1.54, 1.807) is 111 Å². The van der Waals surface area contributed by atoms with Crippen LogP contribution in [0.25, 0.3) is 21.5 Å². The Kier molecular flexibility index (Phi) is 20.4. The predicted octanol–water partition coefficient (Wildman–Crippen LogP) is 12.8. The second-order valence-electron chi connectivity index (χ2n) is 16.4. The zero-order valence-corrected chi connectivity index (χ0v) is 49.2. The standard InChI is InChI=1S/2C27H24ClN3O6S.Ba/c2*1-3-16-13-20(38(34,35)36)15-23(24(16)28)30-31-25-21-8-6-5-7-17(21)14-22(26(25)32)27(33)29-18-9-11-19(12-10-18)37-4-2;/h2*5-15,32H,3-4H2,1-2H3,(H,29,33)(H,34,35,36);/q;;+2/p-2. The average Bonchev–Trinajstić information content (AvgIpc) is 3.41. The Bertz CT molecular complexity index is 3560. The number of aryl methyl sites for hydroxylation is 2. The molecule has 0 aromatic heterocycles. The van der Waals surface area contributed by atoms with Gasteiger partial charge in [0, 0.05) is 27.7 Å². The Hall–Kier alpha value is -6.41. The first-order valence-electron chi connectivity index (χ1n) is 23.2. The third-order valence-corrected chi connectivity index (χ3v) is 13.9. The number of fused-ring (bicyclic) bond motifs is 2. The van der Waals surface area contributed by atoms with Crippen LogP contribution in [-0.4, -0.2) is 105 Å². The molecule has 8 aromatic rings. The Balaban J connectivity index is 0.000000246. The molecule has 0 aliphatic heterocycles.